The molecule has 3 aromatic rings. The molecule has 0 atom stereocenters. The van der Waals surface area contributed by atoms with Gasteiger partial charge in [0.1, 0.15) is 17.8 Å². The zero-order valence-corrected chi connectivity index (χ0v) is 13.3. The molecule has 2 aromatic heterocycles. The summed E-state index contributed by atoms with van der Waals surface area (Å²) in [6, 6.07) is 8.31. The Kier molecular flexibility index (Phi) is 4.33. The molecule has 0 radical (unpaired) electrons. The third-order valence-corrected chi connectivity index (χ3v) is 4.49. The fourth-order valence-electron chi connectivity index (χ4n) is 2.07. The quantitative estimate of drug-likeness (QED) is 0.493. The van der Waals surface area contributed by atoms with Crippen molar-refractivity contribution in [3.8, 4) is 0 Å². The van der Waals surface area contributed by atoms with Gasteiger partial charge < -0.3 is 10.3 Å². The van der Waals surface area contributed by atoms with Crippen molar-refractivity contribution in [2.75, 3.05) is 18.6 Å². The van der Waals surface area contributed by atoms with Gasteiger partial charge in [0.15, 0.2) is 0 Å². The monoisotopic (exact) mass is 317 g/mol. The maximum Gasteiger partial charge on any atom is 0.143 e. The van der Waals surface area contributed by atoms with Crippen LogP contribution in [0.3, 0.4) is 0 Å². The summed E-state index contributed by atoms with van der Waals surface area (Å²) in [4.78, 5) is 14.0. The van der Waals surface area contributed by atoms with Gasteiger partial charge in [-0.2, -0.15) is 0 Å². The summed E-state index contributed by atoms with van der Waals surface area (Å²) in [6.45, 7) is 0. The number of hydrogen-bond acceptors (Lipinski definition) is 6. The summed E-state index contributed by atoms with van der Waals surface area (Å²) in [5.74, 6) is 0.808. The predicted octanol–water partition coefficient (Wildman–Crippen LogP) is 3.65. The lowest BCUT2D eigenvalue weighted by Gasteiger charge is -2.12. The number of hydrogen-bond donors (Lipinski definition) is 3. The van der Waals surface area contributed by atoms with Crippen LogP contribution in [-0.2, 0) is 0 Å². The summed E-state index contributed by atoms with van der Waals surface area (Å²) in [7, 11) is 1.91. The highest BCUT2D eigenvalue weighted by Gasteiger charge is 2.08. The number of H-pyrrole nitrogens is 1. The Labute approximate surface area is 131 Å². The van der Waals surface area contributed by atoms with Crippen LogP contribution in [0.1, 0.15) is 0 Å². The molecule has 0 fully saturated rings. The maximum absolute atomic E-state index is 4.35. The van der Waals surface area contributed by atoms with Crippen molar-refractivity contribution in [2.45, 2.75) is 9.79 Å². The first-order valence-electron chi connectivity index (χ1n) is 6.38. The Morgan fingerprint density at radius 1 is 1.19 bits per heavy atom. The molecule has 0 amide bonds. The van der Waals surface area contributed by atoms with Crippen LogP contribution < -0.4 is 10.0 Å². The number of thioether (sulfide) groups is 1. The van der Waals surface area contributed by atoms with Gasteiger partial charge in [-0.05, 0) is 49.5 Å². The summed E-state index contributed by atoms with van der Waals surface area (Å²) in [5.41, 5.74) is 1.88. The number of nitrogens with one attached hydrogen (secondary N) is 3. The highest BCUT2D eigenvalue weighted by Crippen LogP contribution is 2.32. The van der Waals surface area contributed by atoms with Gasteiger partial charge >= 0.3 is 0 Å². The first-order valence-corrected chi connectivity index (χ1v) is 8.42. The van der Waals surface area contributed by atoms with Crippen molar-refractivity contribution in [1.82, 2.24) is 19.7 Å². The smallest absolute Gasteiger partial charge is 0.143 e. The van der Waals surface area contributed by atoms with Crippen molar-refractivity contribution in [3.05, 3.63) is 36.8 Å². The van der Waals surface area contributed by atoms with Crippen LogP contribution in [0.25, 0.3) is 11.0 Å². The Balaban J connectivity index is 1.99. The lowest BCUT2D eigenvalue weighted by atomic mass is 10.3. The second kappa shape index (κ2) is 6.38. The van der Waals surface area contributed by atoms with E-state index in [0.29, 0.717) is 0 Å². The summed E-state index contributed by atoms with van der Waals surface area (Å²) >= 11 is 3.29. The van der Waals surface area contributed by atoms with E-state index in [4.69, 9.17) is 0 Å². The van der Waals surface area contributed by atoms with Gasteiger partial charge in [-0.1, -0.05) is 0 Å². The topological polar surface area (TPSA) is 65.6 Å². The Morgan fingerprint density at radius 3 is 2.90 bits per heavy atom. The molecule has 2 heterocycles. The Hall–Kier alpha value is -1.70. The van der Waals surface area contributed by atoms with Crippen molar-refractivity contribution < 1.29 is 0 Å². The number of benzene rings is 1. The van der Waals surface area contributed by atoms with Crippen molar-refractivity contribution in [2.24, 2.45) is 0 Å². The molecule has 108 valence electrons. The van der Waals surface area contributed by atoms with Gasteiger partial charge in [0.05, 0.1) is 11.1 Å². The summed E-state index contributed by atoms with van der Waals surface area (Å²) in [6.07, 6.45) is 5.50. The molecule has 0 spiro atoms. The van der Waals surface area contributed by atoms with Crippen LogP contribution in [0, 0.1) is 0 Å². The molecule has 0 aliphatic carbocycles. The second-order valence-electron chi connectivity index (χ2n) is 4.26. The largest absolute Gasteiger partial charge is 0.346 e. The molecule has 0 bridgehead atoms. The lowest BCUT2D eigenvalue weighted by Crippen LogP contribution is -1.98. The van der Waals surface area contributed by atoms with Crippen LogP contribution in [0.4, 0.5) is 11.5 Å². The fraction of sp³-hybridized carbons (Fsp3) is 0.143. The van der Waals surface area contributed by atoms with Crippen molar-refractivity contribution >= 4 is 46.2 Å². The number of aromatic nitrogens is 3. The molecule has 0 aliphatic heterocycles. The SMILES string of the molecule is CNSc1ccc(SC)c(Nc2ncnc3[nH]ccc23)c1. The van der Waals surface area contributed by atoms with E-state index in [1.54, 1.807) is 30.0 Å². The highest BCUT2D eigenvalue weighted by atomic mass is 32.2. The average Bonchev–Trinajstić information content (AvgIpc) is 2.97. The third-order valence-electron chi connectivity index (χ3n) is 3.00. The van der Waals surface area contributed by atoms with Gasteiger partial charge in [-0.3, -0.25) is 4.72 Å². The number of fused-ring (bicyclic) bond motifs is 1. The third kappa shape index (κ3) is 2.99. The van der Waals surface area contributed by atoms with Crippen LogP contribution in [0.15, 0.2) is 46.6 Å². The minimum absolute atomic E-state index is 0.808. The summed E-state index contributed by atoms with van der Waals surface area (Å²) in [5, 5.41) is 4.40. The molecule has 1 aromatic carbocycles. The number of aromatic amines is 1. The van der Waals surface area contributed by atoms with E-state index in [0.717, 1.165) is 27.4 Å². The van der Waals surface area contributed by atoms with Gasteiger partial charge in [0.2, 0.25) is 0 Å². The van der Waals surface area contributed by atoms with Crippen LogP contribution in [0.5, 0.6) is 0 Å². The van der Waals surface area contributed by atoms with Gasteiger partial charge in [-0.25, -0.2) is 9.97 Å². The summed E-state index contributed by atoms with van der Waals surface area (Å²) < 4.78 is 3.09. The molecule has 5 nitrogen and oxygen atoms in total. The zero-order chi connectivity index (χ0) is 14.7. The van der Waals surface area contributed by atoms with Crippen LogP contribution in [-0.4, -0.2) is 28.3 Å². The van der Waals surface area contributed by atoms with E-state index >= 15 is 0 Å². The molecule has 0 saturated carbocycles. The standard InChI is InChI=1S/C14H15N5S2/c1-15-21-9-3-4-12(20-2)11(7-9)19-14-10-5-6-16-13(10)17-8-18-14/h3-8,15H,1-2H3,(H2,16,17,18,19). The number of anilines is 2. The zero-order valence-electron chi connectivity index (χ0n) is 11.7. The van der Waals surface area contributed by atoms with E-state index in [1.165, 1.54) is 4.90 Å². The molecular formula is C14H15N5S2. The van der Waals surface area contributed by atoms with Crippen molar-refractivity contribution in [1.29, 1.82) is 0 Å². The van der Waals surface area contributed by atoms with Crippen LogP contribution >= 0.6 is 23.7 Å². The van der Waals surface area contributed by atoms with E-state index < -0.39 is 0 Å². The van der Waals surface area contributed by atoms with E-state index in [-0.39, 0.29) is 0 Å². The van der Waals surface area contributed by atoms with E-state index in [1.807, 2.05) is 19.3 Å². The normalized spacial score (nSPS) is 11.0. The highest BCUT2D eigenvalue weighted by molar-refractivity contribution is 7.98. The van der Waals surface area contributed by atoms with Crippen LogP contribution in [0.2, 0.25) is 0 Å². The molecule has 3 rings (SSSR count). The number of nitrogens with zero attached hydrogens (tertiary/aromatic N) is 2. The average molecular weight is 317 g/mol. The molecular weight excluding hydrogens is 302 g/mol. The molecule has 7 heteroatoms. The minimum atomic E-state index is 0.808. The first kappa shape index (κ1) is 14.2. The fourth-order valence-corrected chi connectivity index (χ4v) is 3.15. The van der Waals surface area contributed by atoms with E-state index in [2.05, 4.69) is 49.4 Å². The Bertz CT molecular complexity index is 756. The molecule has 21 heavy (non-hydrogen) atoms. The van der Waals surface area contributed by atoms with Crippen molar-refractivity contribution in [3.63, 3.8) is 0 Å². The predicted molar refractivity (Wildman–Crippen MR) is 90.3 cm³/mol. The Morgan fingerprint density at radius 2 is 2.10 bits per heavy atom. The molecule has 0 unspecified atom stereocenters. The van der Waals surface area contributed by atoms with Gasteiger partial charge in [-0.15, -0.1) is 11.8 Å². The molecule has 0 saturated heterocycles. The maximum atomic E-state index is 4.35. The second-order valence-corrected chi connectivity index (χ2v) is 6.19. The van der Waals surface area contributed by atoms with Gasteiger partial charge in [0, 0.05) is 16.0 Å². The molecule has 0 aliphatic rings. The lowest BCUT2D eigenvalue weighted by molar-refractivity contribution is 1.19. The minimum Gasteiger partial charge on any atom is -0.346 e. The first-order chi connectivity index (χ1) is 10.3. The number of rotatable bonds is 5. The van der Waals surface area contributed by atoms with E-state index in [9.17, 15) is 0 Å². The van der Waals surface area contributed by atoms with Gasteiger partial charge in [0.25, 0.3) is 0 Å². The molecule has 3 N–H and O–H groups in total.